The van der Waals surface area contributed by atoms with Crippen molar-refractivity contribution < 1.29 is 4.74 Å². The van der Waals surface area contributed by atoms with E-state index in [4.69, 9.17) is 10.5 Å². The highest BCUT2D eigenvalue weighted by molar-refractivity contribution is 9.10. The lowest BCUT2D eigenvalue weighted by Gasteiger charge is -2.13. The summed E-state index contributed by atoms with van der Waals surface area (Å²) in [5, 5.41) is 4.47. The molecule has 0 radical (unpaired) electrons. The molecule has 0 aliphatic rings. The van der Waals surface area contributed by atoms with Gasteiger partial charge in [-0.25, -0.2) is 9.97 Å². The zero-order valence-corrected chi connectivity index (χ0v) is 13.4. The van der Waals surface area contributed by atoms with E-state index in [0.29, 0.717) is 12.3 Å². The van der Waals surface area contributed by atoms with Crippen LogP contribution in [0.2, 0.25) is 0 Å². The minimum Gasteiger partial charge on any atom is -0.481 e. The first-order valence-electron chi connectivity index (χ1n) is 6.40. The minimum absolute atomic E-state index is 0.232. The van der Waals surface area contributed by atoms with Gasteiger partial charge in [-0.3, -0.25) is 4.68 Å². The van der Waals surface area contributed by atoms with Gasteiger partial charge in [-0.15, -0.1) is 0 Å². The van der Waals surface area contributed by atoms with Crippen molar-refractivity contribution >= 4 is 15.9 Å². The lowest BCUT2D eigenvalue weighted by molar-refractivity contribution is 0.395. The normalized spacial score (nSPS) is 12.4. The van der Waals surface area contributed by atoms with Gasteiger partial charge in [0.1, 0.15) is 6.33 Å². The maximum absolute atomic E-state index is 6.24. The molecule has 0 amide bonds. The van der Waals surface area contributed by atoms with E-state index in [9.17, 15) is 0 Å². The molecule has 7 heteroatoms. The van der Waals surface area contributed by atoms with E-state index in [1.807, 2.05) is 11.6 Å². The SMILES string of the molecule is CCn1nc(C)c(Br)c1CC(N)c1cc(OC)ncn1. The van der Waals surface area contributed by atoms with Gasteiger partial charge < -0.3 is 10.5 Å². The maximum Gasteiger partial charge on any atom is 0.216 e. The first-order valence-corrected chi connectivity index (χ1v) is 7.19. The van der Waals surface area contributed by atoms with E-state index in [1.54, 1.807) is 13.2 Å². The first kappa shape index (κ1) is 14.9. The van der Waals surface area contributed by atoms with Crippen LogP contribution < -0.4 is 10.5 Å². The zero-order valence-electron chi connectivity index (χ0n) is 11.8. The van der Waals surface area contributed by atoms with Crippen LogP contribution in [0.5, 0.6) is 5.88 Å². The molecule has 0 aromatic carbocycles. The zero-order chi connectivity index (χ0) is 14.7. The molecule has 108 valence electrons. The summed E-state index contributed by atoms with van der Waals surface area (Å²) in [6.45, 7) is 4.84. The third-order valence-electron chi connectivity index (χ3n) is 3.12. The summed E-state index contributed by atoms with van der Waals surface area (Å²) in [6, 6.07) is 1.53. The summed E-state index contributed by atoms with van der Waals surface area (Å²) in [5.74, 6) is 0.518. The van der Waals surface area contributed by atoms with Crippen molar-refractivity contribution in [3.05, 3.63) is 33.9 Å². The molecule has 0 aliphatic heterocycles. The van der Waals surface area contributed by atoms with Gasteiger partial charge in [-0.2, -0.15) is 5.10 Å². The van der Waals surface area contributed by atoms with Crippen molar-refractivity contribution in [2.24, 2.45) is 5.73 Å². The highest BCUT2D eigenvalue weighted by atomic mass is 79.9. The number of aromatic nitrogens is 4. The molecule has 0 saturated heterocycles. The standard InChI is InChI=1S/C13H18BrN5O/c1-4-19-11(13(14)8(2)18-19)5-9(15)10-6-12(20-3)17-7-16-10/h6-7,9H,4-5,15H2,1-3H3. The van der Waals surface area contributed by atoms with Crippen LogP contribution >= 0.6 is 15.9 Å². The molecule has 0 spiro atoms. The molecule has 0 fully saturated rings. The first-order chi connectivity index (χ1) is 9.56. The number of aryl methyl sites for hydroxylation is 2. The summed E-state index contributed by atoms with van der Waals surface area (Å²) in [6.07, 6.45) is 2.11. The Morgan fingerprint density at radius 3 is 2.85 bits per heavy atom. The fraction of sp³-hybridized carbons (Fsp3) is 0.462. The second kappa shape index (κ2) is 6.32. The van der Waals surface area contributed by atoms with Gasteiger partial charge in [0.15, 0.2) is 0 Å². The van der Waals surface area contributed by atoms with E-state index in [-0.39, 0.29) is 6.04 Å². The molecule has 0 aliphatic carbocycles. The highest BCUT2D eigenvalue weighted by Gasteiger charge is 2.17. The summed E-state index contributed by atoms with van der Waals surface area (Å²) >= 11 is 3.57. The van der Waals surface area contributed by atoms with Crippen LogP contribution in [-0.2, 0) is 13.0 Å². The van der Waals surface area contributed by atoms with Gasteiger partial charge in [0.25, 0.3) is 0 Å². The number of rotatable bonds is 5. The Hall–Kier alpha value is -1.47. The number of hydrogen-bond acceptors (Lipinski definition) is 5. The van der Waals surface area contributed by atoms with Gasteiger partial charge >= 0.3 is 0 Å². The Morgan fingerprint density at radius 2 is 2.20 bits per heavy atom. The fourth-order valence-corrected chi connectivity index (χ4v) is 2.49. The largest absolute Gasteiger partial charge is 0.481 e. The van der Waals surface area contributed by atoms with E-state index in [2.05, 4.69) is 37.9 Å². The summed E-state index contributed by atoms with van der Waals surface area (Å²) in [4.78, 5) is 8.20. The number of halogens is 1. The molecular weight excluding hydrogens is 322 g/mol. The van der Waals surface area contributed by atoms with Crippen molar-refractivity contribution in [2.75, 3.05) is 7.11 Å². The fourth-order valence-electron chi connectivity index (χ4n) is 2.04. The van der Waals surface area contributed by atoms with Crippen LogP contribution in [0.1, 0.15) is 30.0 Å². The highest BCUT2D eigenvalue weighted by Crippen LogP contribution is 2.25. The quantitative estimate of drug-likeness (QED) is 0.901. The van der Waals surface area contributed by atoms with Crippen molar-refractivity contribution in [1.29, 1.82) is 0 Å². The molecule has 2 rings (SSSR count). The van der Waals surface area contributed by atoms with Crippen molar-refractivity contribution in [2.45, 2.75) is 32.9 Å². The smallest absolute Gasteiger partial charge is 0.216 e. The predicted molar refractivity (Wildman–Crippen MR) is 79.6 cm³/mol. The molecule has 6 nitrogen and oxygen atoms in total. The van der Waals surface area contributed by atoms with Crippen molar-refractivity contribution in [3.63, 3.8) is 0 Å². The summed E-state index contributed by atoms with van der Waals surface area (Å²) in [5.41, 5.74) is 9.05. The number of nitrogens with zero attached hydrogens (tertiary/aromatic N) is 4. The number of methoxy groups -OCH3 is 1. The van der Waals surface area contributed by atoms with Crippen molar-refractivity contribution in [1.82, 2.24) is 19.7 Å². The van der Waals surface area contributed by atoms with Crippen LogP contribution in [0.3, 0.4) is 0 Å². The Balaban J connectivity index is 2.25. The Labute approximate surface area is 126 Å². The van der Waals surface area contributed by atoms with Crippen LogP contribution in [0.25, 0.3) is 0 Å². The molecule has 0 saturated carbocycles. The molecule has 1 unspecified atom stereocenters. The third kappa shape index (κ3) is 2.99. The van der Waals surface area contributed by atoms with Gasteiger partial charge in [-0.05, 0) is 29.8 Å². The Bertz CT molecular complexity index is 598. The van der Waals surface area contributed by atoms with E-state index < -0.39 is 0 Å². The van der Waals surface area contributed by atoms with E-state index in [0.717, 1.165) is 28.1 Å². The molecule has 1 atom stereocenters. The number of hydrogen-bond donors (Lipinski definition) is 1. The molecule has 20 heavy (non-hydrogen) atoms. The molecular formula is C13H18BrN5O. The second-order valence-corrected chi connectivity index (χ2v) is 5.25. The van der Waals surface area contributed by atoms with E-state index in [1.165, 1.54) is 6.33 Å². The molecule has 2 aromatic heterocycles. The Kier molecular flexibility index (Phi) is 4.72. The lowest BCUT2D eigenvalue weighted by atomic mass is 10.1. The second-order valence-electron chi connectivity index (χ2n) is 4.46. The third-order valence-corrected chi connectivity index (χ3v) is 4.15. The topological polar surface area (TPSA) is 78.9 Å². The average molecular weight is 340 g/mol. The van der Waals surface area contributed by atoms with Crippen molar-refractivity contribution in [3.8, 4) is 5.88 Å². The molecule has 2 aromatic rings. The molecule has 2 N–H and O–H groups in total. The van der Waals surface area contributed by atoms with Crippen LogP contribution in [0.4, 0.5) is 0 Å². The number of ether oxygens (including phenoxy) is 1. The minimum atomic E-state index is -0.232. The Morgan fingerprint density at radius 1 is 1.45 bits per heavy atom. The average Bonchev–Trinajstić information content (AvgIpc) is 2.75. The molecule has 2 heterocycles. The van der Waals surface area contributed by atoms with Gasteiger partial charge in [0.2, 0.25) is 5.88 Å². The number of nitrogens with two attached hydrogens (primary N) is 1. The summed E-state index contributed by atoms with van der Waals surface area (Å²) in [7, 11) is 1.57. The van der Waals surface area contributed by atoms with Crippen LogP contribution in [-0.4, -0.2) is 26.9 Å². The van der Waals surface area contributed by atoms with E-state index >= 15 is 0 Å². The maximum atomic E-state index is 6.24. The monoisotopic (exact) mass is 339 g/mol. The molecule has 0 bridgehead atoms. The van der Waals surface area contributed by atoms with Gasteiger partial charge in [-0.1, -0.05) is 0 Å². The predicted octanol–water partition coefficient (Wildman–Crippen LogP) is 2.02. The lowest BCUT2D eigenvalue weighted by Crippen LogP contribution is -2.18. The van der Waals surface area contributed by atoms with Gasteiger partial charge in [0, 0.05) is 19.0 Å². The van der Waals surface area contributed by atoms with Crippen LogP contribution in [0, 0.1) is 6.92 Å². The van der Waals surface area contributed by atoms with Gasteiger partial charge in [0.05, 0.1) is 34.7 Å². The summed E-state index contributed by atoms with van der Waals surface area (Å²) < 4.78 is 8.06. The van der Waals surface area contributed by atoms with Crippen LogP contribution in [0.15, 0.2) is 16.9 Å².